The number of hydrogen-bond acceptors (Lipinski definition) is 8. The Balaban J connectivity index is 3.96. The molecule has 0 radical (unpaired) electrons. The molecule has 0 heterocycles. The third-order valence-electron chi connectivity index (χ3n) is 3.78. The molecule has 0 bridgehead atoms. The summed E-state index contributed by atoms with van der Waals surface area (Å²) in [6.45, 7) is 4.00. The number of ketones is 2. The normalized spacial score (nSPS) is 12.9. The summed E-state index contributed by atoms with van der Waals surface area (Å²) >= 11 is 1.48. The molecule has 174 valence electrons. The summed E-state index contributed by atoms with van der Waals surface area (Å²) in [4.78, 5) is 63.3. The van der Waals surface area contributed by atoms with Crippen LogP contribution in [0.1, 0.15) is 40.0 Å². The van der Waals surface area contributed by atoms with Crippen molar-refractivity contribution >= 4 is 43.0 Å². The van der Waals surface area contributed by atoms with Gasteiger partial charge >= 0.3 is 7.82 Å². The van der Waals surface area contributed by atoms with Crippen LogP contribution in [0.15, 0.2) is 0 Å². The number of phosphoric acid groups is 1. The largest absolute Gasteiger partial charge is 0.469 e. The predicted octanol–water partition coefficient (Wildman–Crippen LogP) is -0.223. The van der Waals surface area contributed by atoms with E-state index < -0.39 is 31.9 Å². The van der Waals surface area contributed by atoms with Gasteiger partial charge in [0.1, 0.15) is 17.7 Å². The second-order valence-electron chi connectivity index (χ2n) is 7.33. The number of carbonyl (C=O) groups is 4. The second-order valence-corrected chi connectivity index (χ2v) is 9.79. The van der Waals surface area contributed by atoms with Crippen molar-refractivity contribution in [3.63, 3.8) is 0 Å². The lowest BCUT2D eigenvalue weighted by atomic mass is 9.87. The Morgan fingerprint density at radius 2 is 1.70 bits per heavy atom. The van der Waals surface area contributed by atoms with Crippen LogP contribution >= 0.6 is 19.6 Å². The first kappa shape index (κ1) is 28.7. The van der Waals surface area contributed by atoms with Gasteiger partial charge in [-0.05, 0) is 6.92 Å². The van der Waals surface area contributed by atoms with Gasteiger partial charge in [0.25, 0.3) is 0 Å². The maximum atomic E-state index is 12.0. The summed E-state index contributed by atoms with van der Waals surface area (Å²) in [5, 5.41) is 15.1. The van der Waals surface area contributed by atoms with Gasteiger partial charge in [-0.25, -0.2) is 4.57 Å². The van der Waals surface area contributed by atoms with Crippen molar-refractivity contribution in [1.82, 2.24) is 10.6 Å². The number of Topliss-reactive ketones (excluding diaryl/α,β-unsaturated/α-hetero) is 2. The summed E-state index contributed by atoms with van der Waals surface area (Å²) < 4.78 is 15.1. The maximum Gasteiger partial charge on any atom is 0.469 e. The highest BCUT2D eigenvalue weighted by molar-refractivity contribution is 7.99. The number of hydrogen-bond donors (Lipinski definition) is 5. The molecule has 0 aromatic heterocycles. The van der Waals surface area contributed by atoms with Crippen molar-refractivity contribution < 1.29 is 43.2 Å². The molecule has 11 nitrogen and oxygen atoms in total. The van der Waals surface area contributed by atoms with E-state index in [4.69, 9.17) is 9.79 Å². The van der Waals surface area contributed by atoms with E-state index in [0.717, 1.165) is 0 Å². The van der Waals surface area contributed by atoms with Crippen molar-refractivity contribution in [2.24, 2.45) is 5.41 Å². The van der Waals surface area contributed by atoms with Gasteiger partial charge in [0.15, 0.2) is 0 Å². The average molecular weight is 470 g/mol. The molecular formula is C17H31N2O9PS. The number of phosphoric ester groups is 1. The fraction of sp³-hybridized carbons (Fsp3) is 0.765. The van der Waals surface area contributed by atoms with Crippen LogP contribution in [0.5, 0.6) is 0 Å². The predicted molar refractivity (Wildman–Crippen MR) is 111 cm³/mol. The van der Waals surface area contributed by atoms with Gasteiger partial charge in [-0.3, -0.25) is 23.7 Å². The van der Waals surface area contributed by atoms with Crippen LogP contribution in [0, 0.1) is 5.41 Å². The number of aliphatic hydroxyl groups is 1. The van der Waals surface area contributed by atoms with Crippen LogP contribution in [0.3, 0.4) is 0 Å². The molecule has 0 aromatic carbocycles. The zero-order valence-corrected chi connectivity index (χ0v) is 19.1. The first-order valence-corrected chi connectivity index (χ1v) is 11.9. The molecule has 0 rings (SSSR count). The quantitative estimate of drug-likeness (QED) is 0.115. The standard InChI is InChI=1S/C17H31N2O9PS/c1-12(20)10-13(21)5-8-30-9-7-18-14(22)4-6-19-16(24)15(23)17(2,3)11-28-29(25,26)27/h15,23H,4-11H2,1-3H3,(H,18,22)(H,19,24)(H2,25,26,27)/t15-/m1/s1. The fourth-order valence-electron chi connectivity index (χ4n) is 2.09. The van der Waals surface area contributed by atoms with Crippen LogP contribution in [0.4, 0.5) is 0 Å². The molecule has 1 atom stereocenters. The Morgan fingerprint density at radius 3 is 2.27 bits per heavy atom. The highest BCUT2D eigenvalue weighted by atomic mass is 32.2. The number of rotatable bonds is 16. The van der Waals surface area contributed by atoms with Gasteiger partial charge < -0.3 is 25.5 Å². The monoisotopic (exact) mass is 470 g/mol. The highest BCUT2D eigenvalue weighted by Gasteiger charge is 2.35. The topological polar surface area (TPSA) is 179 Å². The zero-order valence-electron chi connectivity index (χ0n) is 17.4. The van der Waals surface area contributed by atoms with E-state index in [2.05, 4.69) is 15.2 Å². The molecule has 0 saturated heterocycles. The van der Waals surface area contributed by atoms with E-state index in [-0.39, 0.29) is 36.9 Å². The molecule has 0 aliphatic carbocycles. The highest BCUT2D eigenvalue weighted by Crippen LogP contribution is 2.38. The van der Waals surface area contributed by atoms with Gasteiger partial charge in [0.2, 0.25) is 11.8 Å². The number of nitrogens with one attached hydrogen (secondary N) is 2. The minimum absolute atomic E-state index is 0.0143. The second kappa shape index (κ2) is 13.9. The van der Waals surface area contributed by atoms with Crippen LogP contribution in [-0.4, -0.2) is 75.6 Å². The molecule has 0 aromatic rings. The lowest BCUT2D eigenvalue weighted by Crippen LogP contribution is -2.46. The van der Waals surface area contributed by atoms with E-state index >= 15 is 0 Å². The minimum atomic E-state index is -4.72. The Labute approximate surface area is 179 Å². The van der Waals surface area contributed by atoms with Gasteiger partial charge in [-0.2, -0.15) is 11.8 Å². The van der Waals surface area contributed by atoms with E-state index in [0.29, 0.717) is 24.5 Å². The van der Waals surface area contributed by atoms with Crippen molar-refractivity contribution in [1.29, 1.82) is 0 Å². The van der Waals surface area contributed by atoms with Crippen molar-refractivity contribution in [2.45, 2.75) is 46.1 Å². The zero-order chi connectivity index (χ0) is 23.4. The third kappa shape index (κ3) is 14.6. The Bertz CT molecular complexity index is 651. The first-order chi connectivity index (χ1) is 13.7. The number of thioether (sulfide) groups is 1. The summed E-state index contributed by atoms with van der Waals surface area (Å²) in [6, 6.07) is 0. The Morgan fingerprint density at radius 1 is 1.07 bits per heavy atom. The lowest BCUT2D eigenvalue weighted by molar-refractivity contribution is -0.137. The first-order valence-electron chi connectivity index (χ1n) is 9.26. The molecule has 30 heavy (non-hydrogen) atoms. The summed E-state index contributed by atoms with van der Waals surface area (Å²) in [5.74, 6) is -0.187. The van der Waals surface area contributed by atoms with E-state index in [1.54, 1.807) is 0 Å². The molecule has 0 aliphatic rings. The van der Waals surface area contributed by atoms with E-state index in [9.17, 15) is 28.8 Å². The number of amides is 2. The summed E-state index contributed by atoms with van der Waals surface area (Å²) in [5.41, 5.74) is -1.25. The number of aliphatic hydroxyl groups excluding tert-OH is 1. The minimum Gasteiger partial charge on any atom is -0.383 e. The molecule has 0 fully saturated rings. The fourth-order valence-corrected chi connectivity index (χ4v) is 3.41. The maximum absolute atomic E-state index is 12.0. The third-order valence-corrected chi connectivity index (χ3v) is 5.24. The SMILES string of the molecule is CC(=O)CC(=O)CCSCCNC(=O)CCNC(=O)[C@@H](O)C(C)(C)COP(=O)(O)O. The molecule has 0 aliphatic heterocycles. The van der Waals surface area contributed by atoms with Gasteiger partial charge in [-0.1, -0.05) is 13.8 Å². The average Bonchev–Trinajstić information content (AvgIpc) is 2.61. The van der Waals surface area contributed by atoms with Crippen LogP contribution in [0.25, 0.3) is 0 Å². The molecule has 13 heteroatoms. The van der Waals surface area contributed by atoms with E-state index in [1.807, 2.05) is 0 Å². The molecule has 0 saturated carbocycles. The van der Waals surface area contributed by atoms with Crippen molar-refractivity contribution in [3.8, 4) is 0 Å². The smallest absolute Gasteiger partial charge is 0.383 e. The lowest BCUT2D eigenvalue weighted by Gasteiger charge is -2.29. The van der Waals surface area contributed by atoms with Gasteiger partial charge in [0, 0.05) is 42.9 Å². The Kier molecular flexibility index (Phi) is 13.3. The van der Waals surface area contributed by atoms with Gasteiger partial charge in [0.05, 0.1) is 13.0 Å². The molecular weight excluding hydrogens is 439 g/mol. The molecule has 0 unspecified atom stereocenters. The van der Waals surface area contributed by atoms with Crippen LogP contribution in [-0.2, 0) is 28.3 Å². The number of carbonyl (C=O) groups excluding carboxylic acids is 4. The summed E-state index contributed by atoms with van der Waals surface area (Å²) in [7, 11) is -4.72. The van der Waals surface area contributed by atoms with E-state index in [1.165, 1.54) is 32.5 Å². The van der Waals surface area contributed by atoms with Gasteiger partial charge in [-0.15, -0.1) is 0 Å². The molecule has 5 N–H and O–H groups in total. The van der Waals surface area contributed by atoms with Crippen LogP contribution in [0.2, 0.25) is 0 Å². The molecule has 2 amide bonds. The summed E-state index contributed by atoms with van der Waals surface area (Å²) in [6.07, 6.45) is -1.35. The molecule has 0 spiro atoms. The van der Waals surface area contributed by atoms with Crippen LogP contribution < -0.4 is 10.6 Å². The van der Waals surface area contributed by atoms with Crippen molar-refractivity contribution in [3.05, 3.63) is 0 Å². The Hall–Kier alpha value is -1.30. The van der Waals surface area contributed by atoms with Crippen molar-refractivity contribution in [2.75, 3.05) is 31.2 Å².